The Morgan fingerprint density at radius 2 is 0.750 bits per heavy atom. The molecule has 3 N–H and O–H groups in total. The summed E-state index contributed by atoms with van der Waals surface area (Å²) < 4.78 is 0. The molecule has 0 spiro atoms. The molecule has 0 aromatic heterocycles. The van der Waals surface area contributed by atoms with E-state index >= 15 is 0 Å². The zero-order valence-corrected chi connectivity index (χ0v) is 4.83. The third-order valence-corrected chi connectivity index (χ3v) is 0. The minimum absolute atomic E-state index is 0. The van der Waals surface area contributed by atoms with Crippen LogP contribution in [-0.2, 0) is 0 Å². The third-order valence-electron chi connectivity index (χ3n) is 0. The second kappa shape index (κ2) is 20.5. The molecule has 4 heteroatoms. The maximum atomic E-state index is 0. The van der Waals surface area contributed by atoms with E-state index in [1.165, 1.54) is 0 Å². The fourth-order valence-electron chi connectivity index (χ4n) is 0. The van der Waals surface area contributed by atoms with Crippen LogP contribution in [0.15, 0.2) is 0 Å². The molecule has 0 aromatic carbocycles. The Kier molecular flexibility index (Phi) is 199. The largest absolute Gasteiger partial charge is 2.00 e. The van der Waals surface area contributed by atoms with Gasteiger partial charge in [0.15, 0.2) is 0 Å². The van der Waals surface area contributed by atoms with Gasteiger partial charge in [-0.1, -0.05) is 0 Å². The molecule has 0 rings (SSSR count). The predicted octanol–water partition coefficient (Wildman–Crippen LogP) is -6.21. The normalized spacial score (nSPS) is 0. The molecule has 0 aliphatic carbocycles. The van der Waals surface area contributed by atoms with Crippen molar-refractivity contribution in [3.8, 4) is 0 Å². The summed E-state index contributed by atoms with van der Waals surface area (Å²) in [5, 5.41) is 0. The van der Waals surface area contributed by atoms with Crippen LogP contribution in [0.4, 0.5) is 0 Å². The molecule has 4 heavy (non-hydrogen) atoms. The number of hydrogen-bond donors (Lipinski definition) is 1. The van der Waals surface area contributed by atoms with Crippen LogP contribution in [0.2, 0.25) is 0 Å². The van der Waals surface area contributed by atoms with Gasteiger partial charge in [0.1, 0.15) is 0 Å². The Labute approximate surface area is 66.4 Å². The molecule has 0 heterocycles. The summed E-state index contributed by atoms with van der Waals surface area (Å²) in [6, 6.07) is 0. The third kappa shape index (κ3) is 9.07. The van der Waals surface area contributed by atoms with E-state index in [9.17, 15) is 0 Å². The molecule has 0 bridgehead atoms. The molecule has 0 unspecified atom stereocenters. The molecule has 0 aliphatic heterocycles. The summed E-state index contributed by atoms with van der Waals surface area (Å²) in [6.45, 7) is 0. The maximum absolute atomic E-state index is 0. The fourth-order valence-corrected chi connectivity index (χ4v) is 0. The second-order valence-electron chi connectivity index (χ2n) is 0. The van der Waals surface area contributed by atoms with Crippen molar-refractivity contribution in [3.05, 3.63) is 0 Å². The first kappa shape index (κ1) is 38.9. The van der Waals surface area contributed by atoms with Crippen molar-refractivity contribution in [1.29, 1.82) is 0 Å². The fraction of sp³-hybridized carbons (Fsp3) is 0. The van der Waals surface area contributed by atoms with E-state index in [4.69, 9.17) is 0 Å². The molecular weight excluding hydrogens is 52.2 g/mol. The Bertz CT molecular complexity index is 6.00. The first-order valence-electron chi connectivity index (χ1n) is 0. The van der Waals surface area contributed by atoms with Crippen LogP contribution >= 0.6 is 0 Å². The van der Waals surface area contributed by atoms with Crippen LogP contribution in [0.1, 0.15) is 0 Å². The molecule has 0 aromatic rings. The number of hydrogen-bond acceptors (Lipinski definition) is 1. The second-order valence-corrected chi connectivity index (χ2v) is 0. The van der Waals surface area contributed by atoms with E-state index in [1.807, 2.05) is 0 Å². The van der Waals surface area contributed by atoms with Crippen molar-refractivity contribution in [3.63, 3.8) is 0 Å². The summed E-state index contributed by atoms with van der Waals surface area (Å²) in [5.41, 5.74) is 0. The van der Waals surface area contributed by atoms with Crippen molar-refractivity contribution >= 4 is 23.1 Å². The monoisotopic (exact) mass is 55.0 g/mol. The topological polar surface area (TPSA) is 35.0 Å². The van der Waals surface area contributed by atoms with Crippen molar-refractivity contribution in [2.45, 2.75) is 0 Å². The standard InChI is InChI=1S/2Li.Mg.H3N/h;;;1H3/q2*+1;+2;. The molecular formula is H3Li2MgN+4. The molecule has 0 saturated carbocycles. The molecule has 0 fully saturated rings. The van der Waals surface area contributed by atoms with Crippen LogP contribution in [0.25, 0.3) is 0 Å². The number of rotatable bonds is 0. The zero-order chi connectivity index (χ0) is 0. The molecule has 0 radical (unpaired) electrons. The van der Waals surface area contributed by atoms with Gasteiger partial charge in [0.25, 0.3) is 0 Å². The minimum atomic E-state index is 0. The van der Waals surface area contributed by atoms with Crippen molar-refractivity contribution in [2.75, 3.05) is 0 Å². The van der Waals surface area contributed by atoms with Gasteiger partial charge < -0.3 is 6.15 Å². The SMILES string of the molecule is N.[Li+].[Li+].[Mg+2]. The minimum Gasteiger partial charge on any atom is -0.344 e. The Morgan fingerprint density at radius 3 is 0.750 bits per heavy atom. The first-order valence-corrected chi connectivity index (χ1v) is 0. The molecule has 0 aliphatic rings. The van der Waals surface area contributed by atoms with Gasteiger partial charge >= 0.3 is 60.8 Å². The summed E-state index contributed by atoms with van der Waals surface area (Å²) >= 11 is 0. The van der Waals surface area contributed by atoms with Crippen molar-refractivity contribution < 1.29 is 37.7 Å². The van der Waals surface area contributed by atoms with Gasteiger partial charge in [0.05, 0.1) is 0 Å². The van der Waals surface area contributed by atoms with E-state index in [0.717, 1.165) is 0 Å². The van der Waals surface area contributed by atoms with Crippen LogP contribution in [0, 0.1) is 0 Å². The van der Waals surface area contributed by atoms with Crippen LogP contribution in [-0.4, -0.2) is 23.1 Å². The van der Waals surface area contributed by atoms with E-state index in [2.05, 4.69) is 0 Å². The van der Waals surface area contributed by atoms with E-state index in [-0.39, 0.29) is 66.9 Å². The molecule has 0 amide bonds. The average molecular weight is 55.2 g/mol. The van der Waals surface area contributed by atoms with E-state index in [1.54, 1.807) is 0 Å². The Hall–Kier alpha value is 1.92. The van der Waals surface area contributed by atoms with E-state index in [0.29, 0.717) is 0 Å². The smallest absolute Gasteiger partial charge is 0.344 e. The molecule has 0 saturated heterocycles. The first-order chi connectivity index (χ1) is 0. The van der Waals surface area contributed by atoms with Crippen LogP contribution in [0.3, 0.4) is 0 Å². The van der Waals surface area contributed by atoms with Crippen molar-refractivity contribution in [1.82, 2.24) is 6.15 Å². The van der Waals surface area contributed by atoms with Gasteiger partial charge in [-0.15, -0.1) is 0 Å². The quantitative estimate of drug-likeness (QED) is 0.275. The van der Waals surface area contributed by atoms with Gasteiger partial charge in [-0.3, -0.25) is 0 Å². The summed E-state index contributed by atoms with van der Waals surface area (Å²) in [7, 11) is 0. The van der Waals surface area contributed by atoms with Crippen molar-refractivity contribution in [2.24, 2.45) is 0 Å². The van der Waals surface area contributed by atoms with Gasteiger partial charge in [-0.2, -0.15) is 0 Å². The molecule has 8 valence electrons. The van der Waals surface area contributed by atoms with Gasteiger partial charge in [0, 0.05) is 0 Å². The van der Waals surface area contributed by atoms with E-state index < -0.39 is 0 Å². The average Bonchev–Trinajstić information content (AvgIpc) is 0. The molecule has 0 atom stereocenters. The van der Waals surface area contributed by atoms with Crippen LogP contribution < -0.4 is 43.9 Å². The van der Waals surface area contributed by atoms with Gasteiger partial charge in [-0.25, -0.2) is 0 Å². The summed E-state index contributed by atoms with van der Waals surface area (Å²) in [4.78, 5) is 0. The molecule has 1 nitrogen and oxygen atoms in total. The summed E-state index contributed by atoms with van der Waals surface area (Å²) in [6.07, 6.45) is 0. The maximum Gasteiger partial charge on any atom is 2.00 e. The zero-order valence-electron chi connectivity index (χ0n) is 3.41. The van der Waals surface area contributed by atoms with Gasteiger partial charge in [-0.05, 0) is 0 Å². The predicted molar refractivity (Wildman–Crippen MR) is 10.8 cm³/mol. The summed E-state index contributed by atoms with van der Waals surface area (Å²) in [5.74, 6) is 0. The van der Waals surface area contributed by atoms with Crippen LogP contribution in [0.5, 0.6) is 0 Å². The Balaban J connectivity index is 0. The Morgan fingerprint density at radius 1 is 0.750 bits per heavy atom. The van der Waals surface area contributed by atoms with Gasteiger partial charge in [0.2, 0.25) is 0 Å².